The van der Waals surface area contributed by atoms with E-state index in [0.717, 1.165) is 4.90 Å². The van der Waals surface area contributed by atoms with Gasteiger partial charge in [-0.3, -0.25) is 0 Å². The first kappa shape index (κ1) is 11.5. The van der Waals surface area contributed by atoms with Crippen molar-refractivity contribution in [1.82, 2.24) is 0 Å². The summed E-state index contributed by atoms with van der Waals surface area (Å²) in [7, 11) is 1.54. The summed E-state index contributed by atoms with van der Waals surface area (Å²) < 4.78 is 17.5. The zero-order valence-electron chi connectivity index (χ0n) is 7.94. The summed E-state index contributed by atoms with van der Waals surface area (Å²) in [4.78, 5) is 0.820. The highest BCUT2D eigenvalue weighted by atomic mass is 32.2. The maximum Gasteiger partial charge on any atom is 0.124 e. The summed E-state index contributed by atoms with van der Waals surface area (Å²) in [6, 6.07) is 6.31. The molecule has 0 bridgehead atoms. The molecular formula is C10H13FO2S. The van der Waals surface area contributed by atoms with Crippen molar-refractivity contribution < 1.29 is 14.2 Å². The highest BCUT2D eigenvalue weighted by Gasteiger charge is 2.04. The van der Waals surface area contributed by atoms with Crippen LogP contribution in [-0.4, -0.2) is 30.7 Å². The Morgan fingerprint density at radius 1 is 1.57 bits per heavy atom. The average Bonchev–Trinajstić information content (AvgIpc) is 2.15. The van der Waals surface area contributed by atoms with Crippen LogP contribution in [0.4, 0.5) is 4.39 Å². The molecule has 1 atom stereocenters. The molecule has 14 heavy (non-hydrogen) atoms. The Morgan fingerprint density at radius 3 is 3.00 bits per heavy atom. The van der Waals surface area contributed by atoms with Crippen LogP contribution >= 0.6 is 11.8 Å². The molecule has 1 aromatic carbocycles. The van der Waals surface area contributed by atoms with Crippen LogP contribution in [0, 0.1) is 5.82 Å². The van der Waals surface area contributed by atoms with Gasteiger partial charge in [0, 0.05) is 17.8 Å². The predicted octanol–water partition coefficient (Wildman–Crippen LogP) is 1.93. The molecule has 0 amide bonds. The van der Waals surface area contributed by atoms with Gasteiger partial charge in [-0.05, 0) is 18.2 Å². The van der Waals surface area contributed by atoms with Crippen molar-refractivity contribution in [1.29, 1.82) is 0 Å². The largest absolute Gasteiger partial charge is 0.390 e. The van der Waals surface area contributed by atoms with Crippen LogP contribution in [0.2, 0.25) is 0 Å². The van der Waals surface area contributed by atoms with Crippen LogP contribution in [0.25, 0.3) is 0 Å². The standard InChI is InChI=1S/C10H13FO2S/c1-13-6-9(12)7-14-10-4-2-3-8(11)5-10/h2-5,9,12H,6-7H2,1H3. The molecule has 0 spiro atoms. The topological polar surface area (TPSA) is 29.5 Å². The number of aliphatic hydroxyl groups excluding tert-OH is 1. The smallest absolute Gasteiger partial charge is 0.124 e. The molecule has 0 saturated carbocycles. The fourth-order valence-electron chi connectivity index (χ4n) is 0.990. The third kappa shape index (κ3) is 4.09. The number of ether oxygens (including phenoxy) is 1. The lowest BCUT2D eigenvalue weighted by molar-refractivity contribution is 0.0794. The molecule has 0 aliphatic rings. The lowest BCUT2D eigenvalue weighted by Gasteiger charge is -2.08. The monoisotopic (exact) mass is 216 g/mol. The molecule has 0 heterocycles. The summed E-state index contributed by atoms with van der Waals surface area (Å²) >= 11 is 1.41. The van der Waals surface area contributed by atoms with Crippen LogP contribution in [-0.2, 0) is 4.74 Å². The number of aliphatic hydroxyl groups is 1. The van der Waals surface area contributed by atoms with Crippen LogP contribution in [0.15, 0.2) is 29.2 Å². The highest BCUT2D eigenvalue weighted by Crippen LogP contribution is 2.19. The molecular weight excluding hydrogens is 203 g/mol. The second-order valence-corrected chi connectivity index (χ2v) is 3.97. The summed E-state index contributed by atoms with van der Waals surface area (Å²) in [5.74, 6) is 0.258. The van der Waals surface area contributed by atoms with Crippen molar-refractivity contribution >= 4 is 11.8 Å². The van der Waals surface area contributed by atoms with Gasteiger partial charge in [0.05, 0.1) is 12.7 Å². The van der Waals surface area contributed by atoms with Crippen LogP contribution in [0.1, 0.15) is 0 Å². The van der Waals surface area contributed by atoms with Crippen LogP contribution < -0.4 is 0 Å². The Labute approximate surface area is 87.1 Å². The summed E-state index contributed by atoms with van der Waals surface area (Å²) in [6.45, 7) is 0.308. The molecule has 78 valence electrons. The van der Waals surface area contributed by atoms with Crippen molar-refractivity contribution in [3.8, 4) is 0 Å². The number of hydrogen-bond donors (Lipinski definition) is 1. The van der Waals surface area contributed by atoms with E-state index in [2.05, 4.69) is 0 Å². The van der Waals surface area contributed by atoms with Gasteiger partial charge >= 0.3 is 0 Å². The van der Waals surface area contributed by atoms with Gasteiger partial charge in [-0.15, -0.1) is 11.8 Å². The Balaban J connectivity index is 2.37. The van der Waals surface area contributed by atoms with Crippen molar-refractivity contribution in [2.45, 2.75) is 11.0 Å². The number of thioether (sulfide) groups is 1. The summed E-state index contributed by atoms with van der Waals surface area (Å²) in [5, 5.41) is 9.34. The molecule has 1 rings (SSSR count). The maximum absolute atomic E-state index is 12.7. The van der Waals surface area contributed by atoms with Crippen molar-refractivity contribution in [2.75, 3.05) is 19.5 Å². The first-order valence-electron chi connectivity index (χ1n) is 4.27. The molecule has 4 heteroatoms. The van der Waals surface area contributed by atoms with Crippen molar-refractivity contribution in [3.63, 3.8) is 0 Å². The van der Waals surface area contributed by atoms with E-state index in [4.69, 9.17) is 4.74 Å². The fraction of sp³-hybridized carbons (Fsp3) is 0.400. The van der Waals surface area contributed by atoms with E-state index in [9.17, 15) is 9.50 Å². The Kier molecular flexibility index (Phi) is 4.93. The SMILES string of the molecule is COCC(O)CSc1cccc(F)c1. The van der Waals surface area contributed by atoms with Gasteiger partial charge in [-0.2, -0.15) is 0 Å². The van der Waals surface area contributed by atoms with Gasteiger partial charge in [0.1, 0.15) is 5.82 Å². The van der Waals surface area contributed by atoms with Gasteiger partial charge in [-0.25, -0.2) is 4.39 Å². The number of halogens is 1. The molecule has 1 aromatic rings. The Morgan fingerprint density at radius 2 is 2.36 bits per heavy atom. The summed E-state index contributed by atoms with van der Waals surface area (Å²) in [5.41, 5.74) is 0. The fourth-order valence-corrected chi connectivity index (χ4v) is 1.84. The first-order valence-corrected chi connectivity index (χ1v) is 5.26. The summed E-state index contributed by atoms with van der Waals surface area (Å²) in [6.07, 6.45) is -0.506. The minimum atomic E-state index is -0.506. The van der Waals surface area contributed by atoms with E-state index >= 15 is 0 Å². The van der Waals surface area contributed by atoms with Gasteiger partial charge < -0.3 is 9.84 Å². The molecule has 0 aliphatic carbocycles. The minimum absolute atomic E-state index is 0.253. The van der Waals surface area contributed by atoms with Gasteiger partial charge in [0.15, 0.2) is 0 Å². The number of hydrogen-bond acceptors (Lipinski definition) is 3. The Bertz CT molecular complexity index is 281. The van der Waals surface area contributed by atoms with Gasteiger partial charge in [-0.1, -0.05) is 6.07 Å². The van der Waals surface area contributed by atoms with Crippen molar-refractivity contribution in [3.05, 3.63) is 30.1 Å². The van der Waals surface area contributed by atoms with Crippen LogP contribution in [0.3, 0.4) is 0 Å². The van der Waals surface area contributed by atoms with E-state index < -0.39 is 6.10 Å². The first-order chi connectivity index (χ1) is 6.72. The molecule has 0 saturated heterocycles. The predicted molar refractivity (Wildman–Crippen MR) is 55.0 cm³/mol. The van der Waals surface area contributed by atoms with Crippen molar-refractivity contribution in [2.24, 2.45) is 0 Å². The third-order valence-electron chi connectivity index (χ3n) is 1.60. The van der Waals surface area contributed by atoms with Crippen LogP contribution in [0.5, 0.6) is 0 Å². The normalized spacial score (nSPS) is 12.8. The van der Waals surface area contributed by atoms with E-state index in [0.29, 0.717) is 12.4 Å². The van der Waals surface area contributed by atoms with E-state index in [-0.39, 0.29) is 5.82 Å². The second kappa shape index (κ2) is 6.01. The molecule has 0 fully saturated rings. The number of rotatable bonds is 5. The molecule has 2 nitrogen and oxygen atoms in total. The third-order valence-corrected chi connectivity index (χ3v) is 2.74. The quantitative estimate of drug-likeness (QED) is 0.763. The number of methoxy groups -OCH3 is 1. The highest BCUT2D eigenvalue weighted by molar-refractivity contribution is 7.99. The second-order valence-electron chi connectivity index (χ2n) is 2.88. The van der Waals surface area contributed by atoms with Gasteiger partial charge in [0.25, 0.3) is 0 Å². The lowest BCUT2D eigenvalue weighted by Crippen LogP contribution is -2.16. The average molecular weight is 216 g/mol. The zero-order chi connectivity index (χ0) is 10.4. The minimum Gasteiger partial charge on any atom is -0.390 e. The van der Waals surface area contributed by atoms with E-state index in [1.165, 1.54) is 31.0 Å². The molecule has 0 aliphatic heterocycles. The lowest BCUT2D eigenvalue weighted by atomic mass is 10.3. The molecule has 1 unspecified atom stereocenters. The maximum atomic E-state index is 12.7. The zero-order valence-corrected chi connectivity index (χ0v) is 8.76. The molecule has 0 aromatic heterocycles. The van der Waals surface area contributed by atoms with E-state index in [1.54, 1.807) is 6.07 Å². The Hall–Kier alpha value is -0.580. The molecule has 0 radical (unpaired) electrons. The molecule has 1 N–H and O–H groups in total. The van der Waals surface area contributed by atoms with E-state index in [1.807, 2.05) is 6.07 Å². The van der Waals surface area contributed by atoms with Gasteiger partial charge in [0.2, 0.25) is 0 Å². The number of benzene rings is 1.